The first-order valence-electron chi connectivity index (χ1n) is 12.8. The molecule has 5 aromatic rings. The van der Waals surface area contributed by atoms with Crippen molar-refractivity contribution in [2.45, 2.75) is 0 Å². The fraction of sp³-hybridized carbons (Fsp3) is 0.0303. The van der Waals surface area contributed by atoms with E-state index in [4.69, 9.17) is 14.2 Å². The van der Waals surface area contributed by atoms with Gasteiger partial charge in [0.25, 0.3) is 0 Å². The molecule has 0 aliphatic carbocycles. The van der Waals surface area contributed by atoms with E-state index in [-0.39, 0.29) is 22.6 Å². The van der Waals surface area contributed by atoms with Crippen molar-refractivity contribution in [1.82, 2.24) is 0 Å². The van der Waals surface area contributed by atoms with Crippen LogP contribution in [0.5, 0.6) is 17.2 Å². The molecular weight excluding hydrogens is 532 g/mol. The van der Waals surface area contributed by atoms with Gasteiger partial charge in [-0.1, -0.05) is 36.4 Å². The molecule has 0 bridgehead atoms. The summed E-state index contributed by atoms with van der Waals surface area (Å²) in [5.41, 5.74) is 2.85. The fourth-order valence-corrected chi connectivity index (χ4v) is 3.70. The number of hydrogen-bond acceptors (Lipinski definition) is 9. The fourth-order valence-electron chi connectivity index (χ4n) is 3.70. The molecule has 0 spiro atoms. The van der Waals surface area contributed by atoms with Gasteiger partial charge in [-0.3, -0.25) is 0 Å². The topological polar surface area (TPSA) is 111 Å². The minimum Gasteiger partial charge on any atom is -0.496 e. The number of azo groups is 2. The standard InChI is InChI=1S/C33H24N4O5/c1-40-31-21-12-23(32(38)41-28-17-13-26(14-18-28)36-34-24-8-4-2-5-9-24)22-30(31)33(39)42-29-19-15-27(16-20-29)37-35-25-10-6-3-7-11-25/h2-22H,1H3. The molecule has 0 fully saturated rings. The van der Waals surface area contributed by atoms with Crippen LogP contribution in [0.25, 0.3) is 0 Å². The summed E-state index contributed by atoms with van der Waals surface area (Å²) in [4.78, 5) is 25.9. The third-order valence-electron chi connectivity index (χ3n) is 5.82. The smallest absolute Gasteiger partial charge is 0.347 e. The van der Waals surface area contributed by atoms with Gasteiger partial charge < -0.3 is 14.2 Å². The summed E-state index contributed by atoms with van der Waals surface area (Å²) < 4.78 is 16.3. The molecular formula is C33H24N4O5. The first-order valence-corrected chi connectivity index (χ1v) is 12.8. The molecule has 0 aromatic heterocycles. The van der Waals surface area contributed by atoms with E-state index in [0.29, 0.717) is 17.1 Å². The molecule has 0 aliphatic rings. The highest BCUT2D eigenvalue weighted by Crippen LogP contribution is 2.26. The van der Waals surface area contributed by atoms with E-state index >= 15 is 0 Å². The van der Waals surface area contributed by atoms with Crippen LogP contribution in [-0.2, 0) is 0 Å². The predicted octanol–water partition coefficient (Wildman–Crippen LogP) is 8.96. The number of carbonyl (C=O) groups is 2. The van der Waals surface area contributed by atoms with Gasteiger partial charge in [0.2, 0.25) is 0 Å². The Morgan fingerprint density at radius 3 is 1.38 bits per heavy atom. The minimum absolute atomic E-state index is 0.0662. The van der Waals surface area contributed by atoms with Crippen LogP contribution in [0.2, 0.25) is 0 Å². The van der Waals surface area contributed by atoms with Crippen molar-refractivity contribution in [2.24, 2.45) is 20.5 Å². The zero-order chi connectivity index (χ0) is 29.1. The van der Waals surface area contributed by atoms with Crippen molar-refractivity contribution >= 4 is 34.7 Å². The average Bonchev–Trinajstić information content (AvgIpc) is 3.04. The van der Waals surface area contributed by atoms with E-state index in [1.807, 2.05) is 60.7 Å². The van der Waals surface area contributed by atoms with Crippen LogP contribution < -0.4 is 14.2 Å². The maximum absolute atomic E-state index is 13.0. The van der Waals surface area contributed by atoms with Crippen molar-refractivity contribution in [3.05, 3.63) is 139 Å². The molecule has 0 unspecified atom stereocenters. The van der Waals surface area contributed by atoms with Gasteiger partial charge in [-0.2, -0.15) is 20.5 Å². The second kappa shape index (κ2) is 13.4. The van der Waals surface area contributed by atoms with Gasteiger partial charge in [0.15, 0.2) is 0 Å². The number of carbonyl (C=O) groups excluding carboxylic acids is 2. The summed E-state index contributed by atoms with van der Waals surface area (Å²) in [6, 6.07) is 36.2. The number of esters is 2. The molecule has 0 atom stereocenters. The second-order valence-electron chi connectivity index (χ2n) is 8.75. The molecule has 42 heavy (non-hydrogen) atoms. The highest BCUT2D eigenvalue weighted by molar-refractivity contribution is 5.98. The zero-order valence-corrected chi connectivity index (χ0v) is 22.5. The summed E-state index contributed by atoms with van der Waals surface area (Å²) in [6.07, 6.45) is 0. The number of methoxy groups -OCH3 is 1. The molecule has 206 valence electrons. The maximum Gasteiger partial charge on any atom is 0.347 e. The maximum atomic E-state index is 13.0. The number of rotatable bonds is 9. The minimum atomic E-state index is -0.701. The van der Waals surface area contributed by atoms with Crippen LogP contribution in [0, 0.1) is 0 Å². The largest absolute Gasteiger partial charge is 0.496 e. The lowest BCUT2D eigenvalue weighted by atomic mass is 10.1. The lowest BCUT2D eigenvalue weighted by Crippen LogP contribution is -2.14. The SMILES string of the molecule is COc1ccc(C(=O)Oc2ccc(N=Nc3ccccc3)cc2)cc1C(=O)Oc1ccc(N=Nc2ccccc2)cc1. The van der Waals surface area contributed by atoms with Crippen molar-refractivity contribution in [2.75, 3.05) is 7.11 Å². The molecule has 5 rings (SSSR count). The molecule has 0 N–H and O–H groups in total. The van der Waals surface area contributed by atoms with Gasteiger partial charge in [0.1, 0.15) is 22.8 Å². The van der Waals surface area contributed by atoms with Crippen molar-refractivity contribution < 1.29 is 23.8 Å². The van der Waals surface area contributed by atoms with Crippen LogP contribution >= 0.6 is 0 Å². The zero-order valence-electron chi connectivity index (χ0n) is 22.5. The first kappa shape index (κ1) is 27.6. The Bertz CT molecular complexity index is 1720. The highest BCUT2D eigenvalue weighted by atomic mass is 16.5. The Hall–Kier alpha value is -5.96. The molecule has 9 heteroatoms. The highest BCUT2D eigenvalue weighted by Gasteiger charge is 2.19. The predicted molar refractivity (Wildman–Crippen MR) is 157 cm³/mol. The van der Waals surface area contributed by atoms with E-state index in [1.165, 1.54) is 25.3 Å². The molecule has 9 nitrogen and oxygen atoms in total. The monoisotopic (exact) mass is 556 g/mol. The van der Waals surface area contributed by atoms with E-state index in [1.54, 1.807) is 48.5 Å². The molecule has 0 heterocycles. The summed E-state index contributed by atoms with van der Waals surface area (Å²) in [5, 5.41) is 16.7. The van der Waals surface area contributed by atoms with E-state index in [0.717, 1.165) is 11.4 Å². The van der Waals surface area contributed by atoms with E-state index in [9.17, 15) is 9.59 Å². The van der Waals surface area contributed by atoms with Gasteiger partial charge in [-0.25, -0.2) is 9.59 Å². The summed E-state index contributed by atoms with van der Waals surface area (Å²) in [6.45, 7) is 0. The first-order chi connectivity index (χ1) is 20.6. The van der Waals surface area contributed by atoms with E-state index in [2.05, 4.69) is 20.5 Å². The van der Waals surface area contributed by atoms with Gasteiger partial charge in [-0.15, -0.1) is 0 Å². The van der Waals surface area contributed by atoms with Gasteiger partial charge in [0.05, 0.1) is 35.4 Å². The third kappa shape index (κ3) is 7.36. The van der Waals surface area contributed by atoms with Crippen LogP contribution in [0.4, 0.5) is 22.7 Å². The summed E-state index contributed by atoms with van der Waals surface area (Å²) in [5.74, 6) is -0.508. The molecule has 0 radical (unpaired) electrons. The molecule has 0 saturated heterocycles. The Balaban J connectivity index is 1.23. The lowest BCUT2D eigenvalue weighted by Gasteiger charge is -2.11. The number of hydrogen-bond donors (Lipinski definition) is 0. The number of ether oxygens (including phenoxy) is 3. The van der Waals surface area contributed by atoms with E-state index < -0.39 is 11.9 Å². The number of benzene rings is 5. The Morgan fingerprint density at radius 2 is 0.929 bits per heavy atom. The Labute approximate surface area is 241 Å². The summed E-state index contributed by atoms with van der Waals surface area (Å²) >= 11 is 0. The Morgan fingerprint density at radius 1 is 0.500 bits per heavy atom. The van der Waals surface area contributed by atoms with Crippen LogP contribution in [0.3, 0.4) is 0 Å². The van der Waals surface area contributed by atoms with Crippen LogP contribution in [0.15, 0.2) is 148 Å². The molecule has 5 aromatic carbocycles. The van der Waals surface area contributed by atoms with Gasteiger partial charge >= 0.3 is 11.9 Å². The molecule has 0 amide bonds. The second-order valence-corrected chi connectivity index (χ2v) is 8.75. The van der Waals surface area contributed by atoms with Gasteiger partial charge in [-0.05, 0) is 91.0 Å². The summed E-state index contributed by atoms with van der Waals surface area (Å²) in [7, 11) is 1.42. The van der Waals surface area contributed by atoms with Crippen molar-refractivity contribution in [3.63, 3.8) is 0 Å². The third-order valence-corrected chi connectivity index (χ3v) is 5.82. The van der Waals surface area contributed by atoms with Crippen molar-refractivity contribution in [3.8, 4) is 17.2 Å². The normalized spacial score (nSPS) is 11.0. The molecule has 0 aliphatic heterocycles. The van der Waals surface area contributed by atoms with Crippen LogP contribution in [-0.4, -0.2) is 19.0 Å². The molecule has 0 saturated carbocycles. The quantitative estimate of drug-likeness (QED) is 0.102. The average molecular weight is 557 g/mol. The lowest BCUT2D eigenvalue weighted by molar-refractivity contribution is 0.0731. The van der Waals surface area contributed by atoms with Crippen molar-refractivity contribution in [1.29, 1.82) is 0 Å². The number of nitrogens with zero attached hydrogens (tertiary/aromatic N) is 4. The Kier molecular flexibility index (Phi) is 8.81. The van der Waals surface area contributed by atoms with Crippen LogP contribution in [0.1, 0.15) is 20.7 Å². The van der Waals surface area contributed by atoms with Gasteiger partial charge in [0, 0.05) is 0 Å².